The first kappa shape index (κ1) is 44.9. The van der Waals surface area contributed by atoms with Crippen molar-refractivity contribution in [2.24, 2.45) is 5.92 Å². The number of thioether (sulfide) groups is 1. The number of esters is 1. The molecule has 0 bridgehead atoms. The van der Waals surface area contributed by atoms with Crippen molar-refractivity contribution in [3.63, 3.8) is 0 Å². The monoisotopic (exact) mass is 911 g/mol. The van der Waals surface area contributed by atoms with Crippen LogP contribution in [-0.4, -0.2) is 78.3 Å². The molecule has 15 heteroatoms. The highest BCUT2D eigenvalue weighted by Gasteiger charge is 2.72. The zero-order valence-corrected chi connectivity index (χ0v) is 37.8. The van der Waals surface area contributed by atoms with Crippen LogP contribution in [0.25, 0.3) is 0 Å². The number of urea groups is 1. The summed E-state index contributed by atoms with van der Waals surface area (Å²) in [6.45, 7) is 5.97. The molecular weight excluding hydrogens is 863 g/mol. The van der Waals surface area contributed by atoms with Gasteiger partial charge < -0.3 is 34.6 Å². The highest BCUT2D eigenvalue weighted by atomic mass is 32.2. The standard InChI is InChI=1S/C50H49N5O8S2/c1-33-45(64)55-46(33)65-49(2,3)50(55,47(59)63-32-36-21-12-6-13-22-36)52-42(56)40(37-23-14-7-15-24-37)51-48(60)54-28-27-53(43(57)44(54)58)29-38-25-16-26-39(61-30-34-17-8-4-9-18-34)41(38)62-31-35-19-10-5-11-20-35/h4-26,33,40,46H,27-32H2,1-3H3,(H,51,60)(H,52,56)/t33-,40?,46+,50-/m0/s1. The van der Waals surface area contributed by atoms with Crippen molar-refractivity contribution < 1.29 is 38.2 Å². The zero-order chi connectivity index (χ0) is 45.7. The van der Waals surface area contributed by atoms with Crippen LogP contribution >= 0.6 is 24.0 Å². The number of carbonyl (C=O) groups is 5. The number of nitrogens with one attached hydrogen (secondary N) is 2. The fraction of sp³-hybridized carbons (Fsp3) is 0.280. The Balaban J connectivity index is 1.00. The molecule has 5 aromatic carbocycles. The molecule has 334 valence electrons. The predicted octanol–water partition coefficient (Wildman–Crippen LogP) is 7.15. The first-order valence-electron chi connectivity index (χ1n) is 21.3. The lowest BCUT2D eigenvalue weighted by Crippen LogP contribution is -2.77. The molecule has 2 N–H and O–H groups in total. The number of ether oxygens (including phenoxy) is 3. The lowest BCUT2D eigenvalue weighted by molar-refractivity contribution is -0.165. The number of nitrogens with zero attached hydrogens (tertiary/aromatic N) is 3. The normalized spacial score (nSPS) is 20.3. The van der Waals surface area contributed by atoms with Crippen molar-refractivity contribution in [1.29, 1.82) is 0 Å². The minimum Gasteiger partial charge on any atom is -0.485 e. The summed E-state index contributed by atoms with van der Waals surface area (Å²) < 4.78 is 17.6. The van der Waals surface area contributed by atoms with E-state index >= 15 is 0 Å². The first-order valence-corrected chi connectivity index (χ1v) is 22.6. The van der Waals surface area contributed by atoms with Crippen LogP contribution in [0.3, 0.4) is 0 Å². The van der Waals surface area contributed by atoms with E-state index in [2.05, 4.69) is 10.6 Å². The average molecular weight is 912 g/mol. The lowest BCUT2D eigenvalue weighted by Gasteiger charge is -2.52. The van der Waals surface area contributed by atoms with Gasteiger partial charge in [0.1, 0.15) is 25.9 Å². The Labute approximate surface area is 387 Å². The molecule has 0 aliphatic carbocycles. The number of benzene rings is 5. The summed E-state index contributed by atoms with van der Waals surface area (Å²) in [4.78, 5) is 75.5. The molecule has 3 heterocycles. The molecule has 13 nitrogen and oxygen atoms in total. The van der Waals surface area contributed by atoms with Gasteiger partial charge in [0.05, 0.1) is 21.7 Å². The summed E-state index contributed by atoms with van der Waals surface area (Å²) in [5.74, 6) is -2.58. The van der Waals surface area contributed by atoms with E-state index in [0.29, 0.717) is 27.6 Å². The smallest absolute Gasteiger partial charge is 0.355 e. The van der Waals surface area contributed by atoms with Gasteiger partial charge in [0, 0.05) is 24.6 Å². The summed E-state index contributed by atoms with van der Waals surface area (Å²) in [6.07, 6.45) is 0. The van der Waals surface area contributed by atoms with E-state index in [1.54, 1.807) is 53.4 Å². The van der Waals surface area contributed by atoms with Gasteiger partial charge >= 0.3 is 23.8 Å². The van der Waals surface area contributed by atoms with Crippen LogP contribution in [-0.2, 0) is 50.3 Å². The molecule has 0 saturated carbocycles. The third kappa shape index (κ3) is 9.16. The number of hydrogen-bond donors (Lipinski definition) is 2. The van der Waals surface area contributed by atoms with Gasteiger partial charge in [-0.05, 0) is 42.2 Å². The highest BCUT2D eigenvalue weighted by molar-refractivity contribution is 8.02. The van der Waals surface area contributed by atoms with Crippen LogP contribution < -0.4 is 20.1 Å². The van der Waals surface area contributed by atoms with E-state index in [4.69, 9.17) is 26.4 Å². The third-order valence-corrected chi connectivity index (χ3v) is 14.2. The molecule has 0 aromatic heterocycles. The maximum absolute atomic E-state index is 14.8. The van der Waals surface area contributed by atoms with Gasteiger partial charge in [-0.25, -0.2) is 9.59 Å². The Hall–Kier alpha value is -6.71. The van der Waals surface area contributed by atoms with Gasteiger partial charge in [0.2, 0.25) is 11.6 Å². The van der Waals surface area contributed by atoms with Crippen LogP contribution in [0.1, 0.15) is 54.6 Å². The summed E-state index contributed by atoms with van der Waals surface area (Å²) in [5, 5.41) is 5.49. The summed E-state index contributed by atoms with van der Waals surface area (Å²) in [6, 6.07) is 40.0. The van der Waals surface area contributed by atoms with Crippen molar-refractivity contribution in [3.8, 4) is 11.5 Å². The molecule has 3 aliphatic heterocycles. The summed E-state index contributed by atoms with van der Waals surface area (Å²) in [7, 11) is 0. The maximum Gasteiger partial charge on any atom is 0.355 e. The lowest BCUT2D eigenvalue weighted by atomic mass is 9.86. The van der Waals surface area contributed by atoms with Gasteiger partial charge in [-0.1, -0.05) is 153 Å². The number of piperazine rings is 1. The number of thiocarbonyl (C=S) groups is 1. The van der Waals surface area contributed by atoms with Crippen molar-refractivity contribution in [1.82, 2.24) is 25.3 Å². The molecule has 3 aliphatic rings. The molecule has 4 atom stereocenters. The second-order valence-corrected chi connectivity index (χ2v) is 18.7. The molecular formula is C50H49N5O8S2. The topological polar surface area (TPSA) is 147 Å². The molecule has 5 aromatic rings. The SMILES string of the molecule is C[C@H]1C(=S)N2[C@@H]1SC(C)(C)[C@]2(NC(=O)C(NC(=O)N1CCN(Cc2cccc(OCc3ccccc3)c2OCc2ccccc2)C(=O)C1=O)c1ccccc1)C(=O)OCc1ccccc1. The molecule has 65 heavy (non-hydrogen) atoms. The predicted molar refractivity (Wildman–Crippen MR) is 249 cm³/mol. The van der Waals surface area contributed by atoms with Crippen molar-refractivity contribution in [2.45, 2.75) is 69.0 Å². The second-order valence-electron chi connectivity index (χ2n) is 16.5. The van der Waals surface area contributed by atoms with Crippen LogP contribution in [0.2, 0.25) is 0 Å². The Bertz CT molecular complexity index is 2570. The van der Waals surface area contributed by atoms with Gasteiger partial charge in [0.25, 0.3) is 0 Å². The number of rotatable bonds is 15. The minimum atomic E-state index is -1.76. The van der Waals surface area contributed by atoms with E-state index < -0.39 is 46.2 Å². The van der Waals surface area contributed by atoms with Gasteiger partial charge in [-0.2, -0.15) is 0 Å². The fourth-order valence-electron chi connectivity index (χ4n) is 8.28. The summed E-state index contributed by atoms with van der Waals surface area (Å²) in [5.41, 5.74) is 1.86. The molecule has 0 spiro atoms. The van der Waals surface area contributed by atoms with Gasteiger partial charge in [0.15, 0.2) is 11.5 Å². The number of carbonyl (C=O) groups excluding carboxylic acids is 5. The number of para-hydroxylation sites is 1. The maximum atomic E-state index is 14.8. The zero-order valence-electron chi connectivity index (χ0n) is 36.2. The number of fused-ring (bicyclic) bond motifs is 1. The van der Waals surface area contributed by atoms with E-state index in [0.717, 1.165) is 21.6 Å². The van der Waals surface area contributed by atoms with E-state index in [1.165, 1.54) is 16.7 Å². The van der Waals surface area contributed by atoms with Gasteiger partial charge in [-0.15, -0.1) is 11.8 Å². The number of amides is 5. The van der Waals surface area contributed by atoms with Crippen LogP contribution in [0, 0.1) is 5.92 Å². The Morgan fingerprint density at radius 2 is 1.31 bits per heavy atom. The molecule has 0 radical (unpaired) electrons. The van der Waals surface area contributed by atoms with E-state index in [-0.39, 0.29) is 50.7 Å². The van der Waals surface area contributed by atoms with Crippen molar-refractivity contribution >= 4 is 58.7 Å². The fourth-order valence-corrected chi connectivity index (χ4v) is 10.5. The van der Waals surface area contributed by atoms with Crippen molar-refractivity contribution in [3.05, 3.63) is 167 Å². The number of imide groups is 1. The largest absolute Gasteiger partial charge is 0.485 e. The number of hydrogen-bond acceptors (Lipinski definition) is 10. The van der Waals surface area contributed by atoms with Crippen LogP contribution in [0.4, 0.5) is 4.79 Å². The van der Waals surface area contributed by atoms with E-state index in [9.17, 15) is 24.0 Å². The Morgan fingerprint density at radius 1 is 0.738 bits per heavy atom. The third-order valence-electron chi connectivity index (χ3n) is 11.9. The first-order chi connectivity index (χ1) is 31.4. The summed E-state index contributed by atoms with van der Waals surface area (Å²) >= 11 is 7.31. The molecule has 5 amide bonds. The Morgan fingerprint density at radius 3 is 1.92 bits per heavy atom. The van der Waals surface area contributed by atoms with Gasteiger partial charge in [-0.3, -0.25) is 19.3 Å². The van der Waals surface area contributed by atoms with Crippen LogP contribution in [0.5, 0.6) is 11.5 Å². The molecule has 1 unspecified atom stereocenters. The second kappa shape index (κ2) is 19.2. The quantitative estimate of drug-likeness (QED) is 0.0628. The minimum absolute atomic E-state index is 0.00117. The highest BCUT2D eigenvalue weighted by Crippen LogP contribution is 2.58. The Kier molecular flexibility index (Phi) is 13.2. The van der Waals surface area contributed by atoms with Crippen molar-refractivity contribution in [2.75, 3.05) is 13.1 Å². The average Bonchev–Trinajstić information content (AvgIpc) is 3.55. The molecule has 3 saturated heterocycles. The molecule has 8 rings (SSSR count). The van der Waals surface area contributed by atoms with Crippen LogP contribution in [0.15, 0.2) is 140 Å². The van der Waals surface area contributed by atoms with E-state index in [1.807, 2.05) is 112 Å². The molecule has 3 fully saturated rings.